The Hall–Kier alpha value is -3.36. The van der Waals surface area contributed by atoms with Crippen LogP contribution in [0, 0.1) is 20.8 Å². The SMILES string of the molecule is Cc1sc2c(c1C)C(c1ccc(Cl)cc1)=N[C@@H](CNC(=O)CCc1cccnc1)c1nnc(C)n1-2. The van der Waals surface area contributed by atoms with Crippen molar-refractivity contribution in [3.63, 3.8) is 0 Å². The molecule has 0 spiro atoms. The maximum atomic E-state index is 12.7. The Balaban J connectivity index is 1.49. The zero-order valence-corrected chi connectivity index (χ0v) is 21.3. The fraction of sp³-hybridized carbons (Fsp3) is 0.269. The molecule has 1 aliphatic heterocycles. The van der Waals surface area contributed by atoms with Crippen LogP contribution in [0.2, 0.25) is 5.02 Å². The molecule has 0 saturated heterocycles. The number of hydrogen-bond acceptors (Lipinski definition) is 6. The second kappa shape index (κ2) is 9.71. The van der Waals surface area contributed by atoms with E-state index in [0.29, 0.717) is 24.4 Å². The molecule has 5 rings (SSSR count). The van der Waals surface area contributed by atoms with Gasteiger partial charge in [0.15, 0.2) is 5.82 Å². The quantitative estimate of drug-likeness (QED) is 0.403. The van der Waals surface area contributed by atoms with Crippen LogP contribution in [0.15, 0.2) is 53.8 Å². The topological polar surface area (TPSA) is 85.1 Å². The number of carbonyl (C=O) groups is 1. The summed E-state index contributed by atoms with van der Waals surface area (Å²) in [7, 11) is 0. The molecule has 1 amide bonds. The first kappa shape index (κ1) is 23.4. The van der Waals surface area contributed by atoms with E-state index in [-0.39, 0.29) is 11.9 Å². The minimum Gasteiger partial charge on any atom is -0.353 e. The van der Waals surface area contributed by atoms with Gasteiger partial charge < -0.3 is 5.32 Å². The first-order valence-corrected chi connectivity index (χ1v) is 12.6. The zero-order valence-electron chi connectivity index (χ0n) is 19.7. The normalized spacial score (nSPS) is 14.6. The standard InChI is InChI=1S/C26H25ClN6OS/c1-15-16(2)35-26-23(15)24(19-7-9-20(27)10-8-19)30-21(25-32-31-17(3)33(25)26)14-29-22(34)11-6-18-5-4-12-28-13-18/h4-5,7-10,12-13,21H,6,11,14H2,1-3H3,(H,29,34)/t21-/m0/s1. The highest BCUT2D eigenvalue weighted by Crippen LogP contribution is 2.38. The molecular weight excluding hydrogens is 480 g/mol. The summed E-state index contributed by atoms with van der Waals surface area (Å²) in [6, 6.07) is 11.2. The minimum atomic E-state index is -0.386. The predicted molar refractivity (Wildman–Crippen MR) is 139 cm³/mol. The third kappa shape index (κ3) is 4.63. The van der Waals surface area contributed by atoms with E-state index in [1.54, 1.807) is 23.7 Å². The summed E-state index contributed by atoms with van der Waals surface area (Å²) in [6.07, 6.45) is 4.53. The Morgan fingerprint density at radius 1 is 1.14 bits per heavy atom. The molecule has 0 saturated carbocycles. The molecule has 1 atom stereocenters. The second-order valence-corrected chi connectivity index (χ2v) is 10.2. The minimum absolute atomic E-state index is 0.0362. The van der Waals surface area contributed by atoms with Gasteiger partial charge in [-0.15, -0.1) is 21.5 Å². The molecule has 0 unspecified atom stereocenters. The van der Waals surface area contributed by atoms with Crippen LogP contribution in [0.25, 0.3) is 5.00 Å². The first-order valence-electron chi connectivity index (χ1n) is 11.4. The maximum Gasteiger partial charge on any atom is 0.220 e. The molecule has 1 aromatic carbocycles. The Morgan fingerprint density at radius 3 is 2.69 bits per heavy atom. The summed E-state index contributed by atoms with van der Waals surface area (Å²) >= 11 is 7.88. The molecule has 0 aliphatic carbocycles. The summed E-state index contributed by atoms with van der Waals surface area (Å²) < 4.78 is 2.08. The highest BCUT2D eigenvalue weighted by atomic mass is 35.5. The zero-order chi connectivity index (χ0) is 24.5. The van der Waals surface area contributed by atoms with Crippen molar-refractivity contribution in [2.24, 2.45) is 4.99 Å². The first-order chi connectivity index (χ1) is 16.9. The number of pyridine rings is 1. The number of aryl methyl sites for hydroxylation is 3. The van der Waals surface area contributed by atoms with Gasteiger partial charge in [-0.1, -0.05) is 29.8 Å². The van der Waals surface area contributed by atoms with E-state index in [0.717, 1.165) is 39.1 Å². The van der Waals surface area contributed by atoms with Crippen molar-refractivity contribution in [1.82, 2.24) is 25.1 Å². The Kier molecular flexibility index (Phi) is 6.49. The molecule has 1 N–H and O–H groups in total. The average molecular weight is 505 g/mol. The lowest BCUT2D eigenvalue weighted by molar-refractivity contribution is -0.121. The van der Waals surface area contributed by atoms with E-state index in [1.165, 1.54) is 10.4 Å². The molecule has 7 nitrogen and oxygen atoms in total. The summed E-state index contributed by atoms with van der Waals surface area (Å²) in [5.41, 5.74) is 5.13. The Morgan fingerprint density at radius 2 is 1.94 bits per heavy atom. The number of fused-ring (bicyclic) bond motifs is 3. The fourth-order valence-corrected chi connectivity index (χ4v) is 5.58. The number of benzene rings is 1. The van der Waals surface area contributed by atoms with Gasteiger partial charge in [0.1, 0.15) is 16.9 Å². The number of aromatic nitrogens is 4. The van der Waals surface area contributed by atoms with Crippen molar-refractivity contribution in [3.8, 4) is 5.00 Å². The summed E-state index contributed by atoms with van der Waals surface area (Å²) in [4.78, 5) is 23.2. The van der Waals surface area contributed by atoms with Gasteiger partial charge in [-0.3, -0.25) is 19.3 Å². The number of carbonyl (C=O) groups excluding carboxylic acids is 1. The highest BCUT2D eigenvalue weighted by Gasteiger charge is 2.31. The molecule has 0 radical (unpaired) electrons. The molecule has 9 heteroatoms. The molecule has 35 heavy (non-hydrogen) atoms. The van der Waals surface area contributed by atoms with Gasteiger partial charge in [-0.25, -0.2) is 0 Å². The number of rotatable bonds is 6. The number of aliphatic imine (C=N–C) groups is 1. The molecule has 0 fully saturated rings. The maximum absolute atomic E-state index is 12.7. The van der Waals surface area contributed by atoms with Crippen molar-refractivity contribution < 1.29 is 4.79 Å². The van der Waals surface area contributed by atoms with Crippen LogP contribution < -0.4 is 5.32 Å². The van der Waals surface area contributed by atoms with E-state index < -0.39 is 0 Å². The third-order valence-electron chi connectivity index (χ3n) is 6.21. The molecule has 3 aromatic heterocycles. The number of hydrogen-bond donors (Lipinski definition) is 1. The van der Waals surface area contributed by atoms with Gasteiger partial charge in [0.25, 0.3) is 0 Å². The molecule has 178 valence electrons. The highest BCUT2D eigenvalue weighted by molar-refractivity contribution is 7.15. The van der Waals surface area contributed by atoms with E-state index in [4.69, 9.17) is 16.6 Å². The third-order valence-corrected chi connectivity index (χ3v) is 7.66. The van der Waals surface area contributed by atoms with Crippen LogP contribution in [0.3, 0.4) is 0 Å². The number of amides is 1. The molecule has 0 bridgehead atoms. The summed E-state index contributed by atoms with van der Waals surface area (Å²) in [5, 5.41) is 13.6. The van der Waals surface area contributed by atoms with Crippen LogP contribution in [-0.2, 0) is 11.2 Å². The van der Waals surface area contributed by atoms with E-state index >= 15 is 0 Å². The van der Waals surface area contributed by atoms with Crippen molar-refractivity contribution in [1.29, 1.82) is 0 Å². The lowest BCUT2D eigenvalue weighted by Crippen LogP contribution is -2.29. The number of thiophene rings is 1. The second-order valence-electron chi connectivity index (χ2n) is 8.57. The fourth-order valence-electron chi connectivity index (χ4n) is 4.24. The van der Waals surface area contributed by atoms with Gasteiger partial charge in [0.2, 0.25) is 5.91 Å². The molecule has 1 aliphatic rings. The van der Waals surface area contributed by atoms with Crippen molar-refractivity contribution >= 4 is 34.6 Å². The summed E-state index contributed by atoms with van der Waals surface area (Å²) in [6.45, 7) is 6.51. The smallest absolute Gasteiger partial charge is 0.220 e. The van der Waals surface area contributed by atoms with Crippen LogP contribution in [0.4, 0.5) is 0 Å². The number of nitrogens with zero attached hydrogens (tertiary/aromatic N) is 5. The Bertz CT molecular complexity index is 1410. The summed E-state index contributed by atoms with van der Waals surface area (Å²) in [5.74, 6) is 1.48. The van der Waals surface area contributed by atoms with Gasteiger partial charge >= 0.3 is 0 Å². The monoisotopic (exact) mass is 504 g/mol. The van der Waals surface area contributed by atoms with Crippen LogP contribution in [0.5, 0.6) is 0 Å². The molecule has 4 aromatic rings. The van der Waals surface area contributed by atoms with E-state index in [1.807, 2.05) is 43.3 Å². The lowest BCUT2D eigenvalue weighted by Gasteiger charge is -2.14. The van der Waals surface area contributed by atoms with Crippen molar-refractivity contribution in [3.05, 3.63) is 92.6 Å². The Labute approximate surface area is 212 Å². The van der Waals surface area contributed by atoms with Crippen LogP contribution in [0.1, 0.15) is 51.2 Å². The predicted octanol–water partition coefficient (Wildman–Crippen LogP) is 4.94. The molecule has 4 heterocycles. The largest absolute Gasteiger partial charge is 0.353 e. The van der Waals surface area contributed by atoms with E-state index in [9.17, 15) is 4.79 Å². The van der Waals surface area contributed by atoms with Crippen molar-refractivity contribution in [2.75, 3.05) is 6.54 Å². The van der Waals surface area contributed by atoms with E-state index in [2.05, 4.69) is 38.9 Å². The average Bonchev–Trinajstić information content (AvgIpc) is 3.33. The number of halogens is 1. The van der Waals surface area contributed by atoms with Gasteiger partial charge in [-0.2, -0.15) is 0 Å². The van der Waals surface area contributed by atoms with Crippen molar-refractivity contribution in [2.45, 2.75) is 39.7 Å². The van der Waals surface area contributed by atoms with Gasteiger partial charge in [0.05, 0.1) is 5.71 Å². The number of nitrogens with one attached hydrogen (secondary N) is 1. The lowest BCUT2D eigenvalue weighted by atomic mass is 10.00. The molecular formula is C26H25ClN6OS. The van der Waals surface area contributed by atoms with Crippen LogP contribution in [-0.4, -0.2) is 37.9 Å². The van der Waals surface area contributed by atoms with Gasteiger partial charge in [0, 0.05) is 46.4 Å². The van der Waals surface area contributed by atoms with Gasteiger partial charge in [-0.05, 0) is 56.5 Å². The van der Waals surface area contributed by atoms with Crippen LogP contribution >= 0.6 is 22.9 Å².